The van der Waals surface area contributed by atoms with Gasteiger partial charge in [-0.25, -0.2) is 4.79 Å². The molecule has 2 rings (SSSR count). The van der Waals surface area contributed by atoms with Crippen molar-refractivity contribution in [3.05, 3.63) is 71.3 Å². The Morgan fingerprint density at radius 1 is 1.00 bits per heavy atom. The molecule has 0 spiro atoms. The van der Waals surface area contributed by atoms with Crippen LogP contribution >= 0.6 is 0 Å². The first-order valence-corrected chi connectivity index (χ1v) is 7.82. The van der Waals surface area contributed by atoms with Gasteiger partial charge in [0.1, 0.15) is 6.61 Å². The summed E-state index contributed by atoms with van der Waals surface area (Å²) in [5.74, 6) is 0. The van der Waals surface area contributed by atoms with E-state index in [1.807, 2.05) is 0 Å². The Morgan fingerprint density at radius 2 is 1.64 bits per heavy atom. The maximum Gasteiger partial charge on any atom is 0.435 e. The van der Waals surface area contributed by atoms with E-state index >= 15 is 0 Å². The van der Waals surface area contributed by atoms with Crippen LogP contribution < -0.4 is 0 Å². The summed E-state index contributed by atoms with van der Waals surface area (Å²) in [7, 11) is 0.788. The summed E-state index contributed by atoms with van der Waals surface area (Å²) in [4.78, 5) is 16.7. The van der Waals surface area contributed by atoms with E-state index in [4.69, 9.17) is 4.74 Å². The number of nitrogens with zero attached hydrogens (tertiary/aromatic N) is 1. The van der Waals surface area contributed by atoms with Gasteiger partial charge in [0.25, 0.3) is 0 Å². The fourth-order valence-electron chi connectivity index (χ4n) is 2.41. The monoisotopic (exact) mass is 407 g/mol. The summed E-state index contributed by atoms with van der Waals surface area (Å²) < 4.78 is 84.1. The molecule has 0 aliphatic rings. The summed E-state index contributed by atoms with van der Waals surface area (Å²) in [6.45, 7) is -0.341. The van der Waals surface area contributed by atoms with Crippen molar-refractivity contribution >= 4 is 6.09 Å². The third kappa shape index (κ3) is 5.38. The Hall–Kier alpha value is -2.75. The van der Waals surface area contributed by atoms with E-state index in [9.17, 15) is 31.1 Å². The molecular weight excluding hydrogens is 392 g/mol. The van der Waals surface area contributed by atoms with Crippen molar-refractivity contribution in [2.24, 2.45) is 0 Å². The second-order valence-electron chi connectivity index (χ2n) is 5.62. The molecule has 0 saturated carbocycles. The molecule has 0 N–H and O–H groups in total. The molecule has 0 fully saturated rings. The maximum atomic E-state index is 13.6. The minimum Gasteiger partial charge on any atom is -0.443 e. The molecule has 2 aromatic carbocycles. The zero-order valence-electron chi connectivity index (χ0n) is 14.4. The van der Waals surface area contributed by atoms with Crippen LogP contribution in [0, 0.1) is 0 Å². The first-order valence-electron chi connectivity index (χ1n) is 7.82. The van der Waals surface area contributed by atoms with Crippen molar-refractivity contribution in [3.63, 3.8) is 0 Å². The zero-order chi connectivity index (χ0) is 20.9. The summed E-state index contributed by atoms with van der Waals surface area (Å²) in [5, 5.41) is -0.140. The predicted molar refractivity (Wildman–Crippen MR) is 85.7 cm³/mol. The van der Waals surface area contributed by atoms with Crippen LogP contribution in [0.4, 0.5) is 31.1 Å². The summed E-state index contributed by atoms with van der Waals surface area (Å²) in [6.07, 6.45) is -11.5. The number of halogens is 6. The molecule has 28 heavy (non-hydrogen) atoms. The highest BCUT2D eigenvalue weighted by atomic mass is 19.4. The SMILES string of the molecule is CON(C(=O)OCc1ccccc1)C(c1cccc(C(F)(F)F)c1)C(F)(F)F. The van der Waals surface area contributed by atoms with E-state index in [1.165, 1.54) is 0 Å². The highest BCUT2D eigenvalue weighted by molar-refractivity contribution is 5.67. The van der Waals surface area contributed by atoms with E-state index in [-0.39, 0.29) is 11.7 Å². The molecule has 0 saturated heterocycles. The van der Waals surface area contributed by atoms with Gasteiger partial charge in [-0.2, -0.15) is 31.4 Å². The molecule has 152 valence electrons. The number of rotatable bonds is 5. The number of carbonyl (C=O) groups is 1. The Kier molecular flexibility index (Phi) is 6.55. The molecule has 10 heteroatoms. The first kappa shape index (κ1) is 21.5. The average molecular weight is 407 g/mol. The van der Waals surface area contributed by atoms with Crippen LogP contribution in [0.15, 0.2) is 54.6 Å². The van der Waals surface area contributed by atoms with Crippen LogP contribution in [0.3, 0.4) is 0 Å². The smallest absolute Gasteiger partial charge is 0.435 e. The van der Waals surface area contributed by atoms with Gasteiger partial charge in [-0.1, -0.05) is 42.5 Å². The lowest BCUT2D eigenvalue weighted by molar-refractivity contribution is -0.251. The van der Waals surface area contributed by atoms with Gasteiger partial charge in [-0.15, -0.1) is 0 Å². The maximum absolute atomic E-state index is 13.6. The Morgan fingerprint density at radius 3 is 2.18 bits per heavy atom. The number of hydrogen-bond donors (Lipinski definition) is 0. The topological polar surface area (TPSA) is 38.8 Å². The number of ether oxygens (including phenoxy) is 1. The van der Waals surface area contributed by atoms with Crippen LogP contribution in [-0.2, 0) is 22.4 Å². The summed E-state index contributed by atoms with van der Waals surface area (Å²) in [5.41, 5.74) is -1.59. The number of alkyl halides is 6. The lowest BCUT2D eigenvalue weighted by Gasteiger charge is -2.30. The van der Waals surface area contributed by atoms with Crippen molar-refractivity contribution in [1.29, 1.82) is 0 Å². The van der Waals surface area contributed by atoms with E-state index < -0.39 is 35.6 Å². The molecule has 1 unspecified atom stereocenters. The fourth-order valence-corrected chi connectivity index (χ4v) is 2.41. The number of amides is 1. The van der Waals surface area contributed by atoms with Crippen molar-refractivity contribution in [2.75, 3.05) is 7.11 Å². The third-order valence-corrected chi connectivity index (χ3v) is 3.66. The Balaban J connectivity index is 2.31. The molecule has 0 aliphatic heterocycles. The molecule has 0 heterocycles. The van der Waals surface area contributed by atoms with E-state index in [0.29, 0.717) is 17.7 Å². The number of carbonyl (C=O) groups excluding carboxylic acids is 1. The van der Waals surface area contributed by atoms with Crippen molar-refractivity contribution in [2.45, 2.75) is 25.0 Å². The molecule has 4 nitrogen and oxygen atoms in total. The molecular formula is C18H15F6NO3. The van der Waals surface area contributed by atoms with Crippen molar-refractivity contribution in [3.8, 4) is 0 Å². The zero-order valence-corrected chi connectivity index (χ0v) is 14.4. The fraction of sp³-hybridized carbons (Fsp3) is 0.278. The van der Waals surface area contributed by atoms with Gasteiger partial charge >= 0.3 is 18.4 Å². The second kappa shape index (κ2) is 8.51. The minimum atomic E-state index is -5.12. The van der Waals surface area contributed by atoms with Gasteiger partial charge in [-0.3, -0.25) is 4.84 Å². The molecule has 1 atom stereocenters. The Labute approximate surface area is 156 Å². The lowest BCUT2D eigenvalue weighted by atomic mass is 10.0. The molecule has 0 aromatic heterocycles. The standard InChI is InChI=1S/C18H15F6NO3/c1-27-25(16(26)28-11-12-6-3-2-4-7-12)15(18(22,23)24)13-8-5-9-14(10-13)17(19,20)21/h2-10,15H,11H2,1H3. The van der Waals surface area contributed by atoms with Gasteiger partial charge in [0.2, 0.25) is 0 Å². The van der Waals surface area contributed by atoms with Gasteiger partial charge in [-0.05, 0) is 23.3 Å². The number of hydrogen-bond acceptors (Lipinski definition) is 3. The van der Waals surface area contributed by atoms with Crippen LogP contribution in [0.5, 0.6) is 0 Å². The number of hydroxylamine groups is 2. The van der Waals surface area contributed by atoms with E-state index in [0.717, 1.165) is 19.2 Å². The summed E-state index contributed by atoms with van der Waals surface area (Å²) in [6, 6.07) is 7.93. The quantitative estimate of drug-likeness (QED) is 0.485. The normalized spacial score (nSPS) is 13.1. The Bertz CT molecular complexity index is 792. The molecule has 0 radical (unpaired) electrons. The molecule has 1 amide bonds. The minimum absolute atomic E-state index is 0.140. The molecule has 0 aliphatic carbocycles. The number of benzene rings is 2. The molecule has 2 aromatic rings. The van der Waals surface area contributed by atoms with Gasteiger partial charge in [0.15, 0.2) is 6.04 Å². The van der Waals surface area contributed by atoms with Gasteiger partial charge in [0.05, 0.1) is 12.7 Å². The average Bonchev–Trinajstić information content (AvgIpc) is 2.63. The highest BCUT2D eigenvalue weighted by Crippen LogP contribution is 2.40. The third-order valence-electron chi connectivity index (χ3n) is 3.66. The predicted octanol–water partition coefficient (Wildman–Crippen LogP) is 5.51. The van der Waals surface area contributed by atoms with Crippen LogP contribution in [0.1, 0.15) is 22.7 Å². The highest BCUT2D eigenvalue weighted by Gasteiger charge is 2.49. The largest absolute Gasteiger partial charge is 0.443 e. The van der Waals surface area contributed by atoms with Gasteiger partial charge in [0, 0.05) is 0 Å². The van der Waals surface area contributed by atoms with Crippen LogP contribution in [0.2, 0.25) is 0 Å². The van der Waals surface area contributed by atoms with Crippen LogP contribution in [-0.4, -0.2) is 24.4 Å². The van der Waals surface area contributed by atoms with Crippen LogP contribution in [0.25, 0.3) is 0 Å². The summed E-state index contributed by atoms with van der Waals surface area (Å²) >= 11 is 0. The lowest BCUT2D eigenvalue weighted by Crippen LogP contribution is -2.42. The van der Waals surface area contributed by atoms with E-state index in [1.54, 1.807) is 30.3 Å². The second-order valence-corrected chi connectivity index (χ2v) is 5.62. The molecule has 0 bridgehead atoms. The first-order chi connectivity index (χ1) is 13.0. The van der Waals surface area contributed by atoms with E-state index in [2.05, 4.69) is 4.84 Å². The van der Waals surface area contributed by atoms with Crippen molar-refractivity contribution < 1.29 is 40.7 Å². The van der Waals surface area contributed by atoms with Gasteiger partial charge < -0.3 is 4.74 Å². The van der Waals surface area contributed by atoms with Crippen molar-refractivity contribution in [1.82, 2.24) is 5.06 Å².